The van der Waals surface area contributed by atoms with Gasteiger partial charge in [0, 0.05) is 16.6 Å². The molecule has 6 nitrogen and oxygen atoms in total. The summed E-state index contributed by atoms with van der Waals surface area (Å²) in [5.41, 5.74) is 4.71. The van der Waals surface area contributed by atoms with Gasteiger partial charge in [0.2, 0.25) is 0 Å². The normalized spacial score (nSPS) is 12.6. The van der Waals surface area contributed by atoms with E-state index >= 15 is 0 Å². The molecule has 1 aromatic carbocycles. The summed E-state index contributed by atoms with van der Waals surface area (Å²) in [5, 5.41) is 6.90. The van der Waals surface area contributed by atoms with E-state index in [1.807, 2.05) is 6.07 Å². The van der Waals surface area contributed by atoms with Crippen molar-refractivity contribution in [3.8, 4) is 0 Å². The molecule has 0 bridgehead atoms. The molecular formula is C25H27N3O3S2. The number of rotatable bonds is 6. The fraction of sp³-hybridized carbons (Fsp3) is 0.360. The summed E-state index contributed by atoms with van der Waals surface area (Å²) in [6.45, 7) is 6.42. The zero-order chi connectivity index (χ0) is 23.5. The van der Waals surface area contributed by atoms with Crippen LogP contribution in [-0.4, -0.2) is 28.6 Å². The molecule has 1 aliphatic rings. The molecule has 1 amide bonds. The summed E-state index contributed by atoms with van der Waals surface area (Å²) in [4.78, 5) is 31.6. The molecule has 0 saturated carbocycles. The summed E-state index contributed by atoms with van der Waals surface area (Å²) in [5.74, 6) is -0.243. The van der Waals surface area contributed by atoms with E-state index in [-0.39, 0.29) is 17.6 Å². The number of carbonyl (C=O) groups is 2. The van der Waals surface area contributed by atoms with Crippen molar-refractivity contribution in [1.29, 1.82) is 0 Å². The number of pyridine rings is 1. The Morgan fingerprint density at radius 1 is 1.18 bits per heavy atom. The molecule has 33 heavy (non-hydrogen) atoms. The lowest BCUT2D eigenvalue weighted by Crippen LogP contribution is -2.34. The highest BCUT2D eigenvalue weighted by Crippen LogP contribution is 2.42. The van der Waals surface area contributed by atoms with E-state index in [0.717, 1.165) is 41.6 Å². The highest BCUT2D eigenvalue weighted by Gasteiger charge is 2.28. The van der Waals surface area contributed by atoms with Gasteiger partial charge in [0.1, 0.15) is 9.71 Å². The van der Waals surface area contributed by atoms with E-state index in [2.05, 4.69) is 24.5 Å². The van der Waals surface area contributed by atoms with Crippen LogP contribution in [-0.2, 0) is 24.0 Å². The Labute approximate surface area is 202 Å². The maximum Gasteiger partial charge on any atom is 0.350 e. The van der Waals surface area contributed by atoms with Crippen molar-refractivity contribution in [3.63, 3.8) is 0 Å². The van der Waals surface area contributed by atoms with Gasteiger partial charge < -0.3 is 10.1 Å². The maximum atomic E-state index is 12.8. The molecule has 1 aliphatic carbocycles. The lowest BCUT2D eigenvalue weighted by Gasteiger charge is -2.14. The number of aromatic nitrogens is 1. The van der Waals surface area contributed by atoms with Gasteiger partial charge in [0.25, 0.3) is 5.91 Å². The smallest absolute Gasteiger partial charge is 0.350 e. The van der Waals surface area contributed by atoms with Crippen LogP contribution < -0.4 is 10.6 Å². The van der Waals surface area contributed by atoms with Gasteiger partial charge in [-0.25, -0.2) is 9.78 Å². The van der Waals surface area contributed by atoms with Crippen LogP contribution in [0.3, 0.4) is 0 Å². The molecule has 2 heterocycles. The third-order valence-electron chi connectivity index (χ3n) is 5.56. The zero-order valence-corrected chi connectivity index (χ0v) is 20.6. The number of benzene rings is 1. The highest BCUT2D eigenvalue weighted by molar-refractivity contribution is 7.80. The number of ether oxygens (including phenoxy) is 1. The van der Waals surface area contributed by atoms with Crippen molar-refractivity contribution in [1.82, 2.24) is 10.3 Å². The number of hydrogen-bond acceptors (Lipinski definition) is 6. The lowest BCUT2D eigenvalue weighted by molar-refractivity contribution is 0.0533. The predicted octanol–water partition coefficient (Wildman–Crippen LogP) is 5.29. The maximum absolute atomic E-state index is 12.8. The second kappa shape index (κ2) is 9.97. The lowest BCUT2D eigenvalue weighted by atomic mass is 9.99. The SMILES string of the molecule is CCOC(=O)c1sc2nc(CC(C)C)c3c(c2c1NC(=S)NC(=O)c1ccccc1)CCC3. The van der Waals surface area contributed by atoms with Crippen molar-refractivity contribution in [3.05, 3.63) is 57.6 Å². The van der Waals surface area contributed by atoms with E-state index in [0.29, 0.717) is 22.0 Å². The van der Waals surface area contributed by atoms with Crippen LogP contribution in [0.1, 0.15) is 64.0 Å². The number of thiophene rings is 1. The first-order valence-corrected chi connectivity index (χ1v) is 12.4. The number of aryl methyl sites for hydroxylation is 1. The van der Waals surface area contributed by atoms with Crippen molar-refractivity contribution in [2.75, 3.05) is 11.9 Å². The van der Waals surface area contributed by atoms with Crippen LogP contribution >= 0.6 is 23.6 Å². The molecule has 2 N–H and O–H groups in total. The largest absolute Gasteiger partial charge is 0.462 e. The monoisotopic (exact) mass is 481 g/mol. The number of nitrogens with one attached hydrogen (secondary N) is 2. The van der Waals surface area contributed by atoms with Crippen LogP contribution in [0.25, 0.3) is 10.2 Å². The number of nitrogens with zero attached hydrogens (tertiary/aromatic N) is 1. The van der Waals surface area contributed by atoms with Crippen LogP contribution in [0.2, 0.25) is 0 Å². The van der Waals surface area contributed by atoms with E-state index in [9.17, 15) is 9.59 Å². The average molecular weight is 482 g/mol. The number of thiocarbonyl (C=S) groups is 1. The molecule has 0 unspecified atom stereocenters. The summed E-state index contributed by atoms with van der Waals surface area (Å²) in [6, 6.07) is 8.86. The fourth-order valence-corrected chi connectivity index (χ4v) is 5.50. The Hall–Kier alpha value is -2.84. The topological polar surface area (TPSA) is 80.3 Å². The molecule has 0 aliphatic heterocycles. The minimum absolute atomic E-state index is 0.132. The number of esters is 1. The molecule has 0 atom stereocenters. The third kappa shape index (κ3) is 4.91. The Balaban J connectivity index is 1.74. The van der Waals surface area contributed by atoms with Gasteiger partial charge >= 0.3 is 5.97 Å². The minimum Gasteiger partial charge on any atom is -0.462 e. The van der Waals surface area contributed by atoms with Gasteiger partial charge in [-0.1, -0.05) is 32.0 Å². The minimum atomic E-state index is -0.419. The first-order chi connectivity index (χ1) is 15.9. The molecule has 8 heteroatoms. The number of amides is 1. The summed E-state index contributed by atoms with van der Waals surface area (Å²) in [6.07, 6.45) is 3.87. The van der Waals surface area contributed by atoms with Crippen LogP contribution in [0.15, 0.2) is 30.3 Å². The molecule has 4 rings (SSSR count). The second-order valence-electron chi connectivity index (χ2n) is 8.45. The van der Waals surface area contributed by atoms with E-state index in [1.54, 1.807) is 31.2 Å². The van der Waals surface area contributed by atoms with E-state index in [1.165, 1.54) is 22.5 Å². The predicted molar refractivity (Wildman–Crippen MR) is 136 cm³/mol. The molecule has 0 radical (unpaired) electrons. The Bertz CT molecular complexity index is 1220. The van der Waals surface area contributed by atoms with Gasteiger partial charge in [-0.15, -0.1) is 11.3 Å². The Morgan fingerprint density at radius 3 is 2.61 bits per heavy atom. The first kappa shape index (κ1) is 23.3. The second-order valence-corrected chi connectivity index (χ2v) is 9.86. The third-order valence-corrected chi connectivity index (χ3v) is 6.83. The number of anilines is 1. The standard InChI is InChI=1S/C25H27N3O3S2/c1-4-31-24(30)21-20(27-25(32)28-22(29)15-9-6-5-7-10-15)19-17-12-8-11-16(17)18(13-14(2)3)26-23(19)33-21/h5-7,9-10,14H,4,8,11-13H2,1-3H3,(H2,27,28,29,32). The molecular weight excluding hydrogens is 454 g/mol. The van der Waals surface area contributed by atoms with Gasteiger partial charge in [-0.3, -0.25) is 10.1 Å². The Kier molecular flexibility index (Phi) is 7.05. The average Bonchev–Trinajstić information content (AvgIpc) is 3.39. The number of hydrogen-bond donors (Lipinski definition) is 2. The first-order valence-electron chi connectivity index (χ1n) is 11.2. The van der Waals surface area contributed by atoms with Crippen molar-refractivity contribution in [2.45, 2.75) is 46.5 Å². The molecule has 0 saturated heterocycles. The molecule has 172 valence electrons. The van der Waals surface area contributed by atoms with Gasteiger partial charge in [-0.2, -0.15) is 0 Å². The van der Waals surface area contributed by atoms with Crippen molar-refractivity contribution < 1.29 is 14.3 Å². The van der Waals surface area contributed by atoms with Crippen LogP contribution in [0.5, 0.6) is 0 Å². The number of carbonyl (C=O) groups excluding carboxylic acids is 2. The fourth-order valence-electron chi connectivity index (χ4n) is 4.23. The summed E-state index contributed by atoms with van der Waals surface area (Å²) < 4.78 is 5.32. The van der Waals surface area contributed by atoms with Crippen molar-refractivity contribution >= 4 is 56.4 Å². The molecule has 0 spiro atoms. The Morgan fingerprint density at radius 2 is 1.91 bits per heavy atom. The number of fused-ring (bicyclic) bond motifs is 3. The quantitative estimate of drug-likeness (QED) is 0.368. The molecule has 0 fully saturated rings. The van der Waals surface area contributed by atoms with E-state index in [4.69, 9.17) is 21.9 Å². The summed E-state index contributed by atoms with van der Waals surface area (Å²) in [7, 11) is 0. The van der Waals surface area contributed by atoms with Crippen LogP contribution in [0.4, 0.5) is 5.69 Å². The van der Waals surface area contributed by atoms with Gasteiger partial charge in [-0.05, 0) is 74.0 Å². The van der Waals surface area contributed by atoms with Gasteiger partial charge in [0.15, 0.2) is 5.11 Å². The van der Waals surface area contributed by atoms with Crippen LogP contribution in [0, 0.1) is 5.92 Å². The molecule has 3 aromatic rings. The zero-order valence-electron chi connectivity index (χ0n) is 19.0. The summed E-state index contributed by atoms with van der Waals surface area (Å²) >= 11 is 6.77. The highest BCUT2D eigenvalue weighted by atomic mass is 32.1. The van der Waals surface area contributed by atoms with Gasteiger partial charge in [0.05, 0.1) is 12.3 Å². The van der Waals surface area contributed by atoms with E-state index < -0.39 is 5.97 Å². The van der Waals surface area contributed by atoms with Crippen molar-refractivity contribution in [2.24, 2.45) is 5.92 Å². The molecule has 2 aromatic heterocycles.